The van der Waals surface area contributed by atoms with Gasteiger partial charge < -0.3 is 9.88 Å². The van der Waals surface area contributed by atoms with Crippen molar-refractivity contribution in [2.24, 2.45) is 7.05 Å². The van der Waals surface area contributed by atoms with Crippen LogP contribution in [0.4, 0.5) is 4.39 Å². The molecular weight excluding hydrogens is 427 g/mol. The quantitative estimate of drug-likeness (QED) is 0.434. The van der Waals surface area contributed by atoms with E-state index in [2.05, 4.69) is 40.4 Å². The van der Waals surface area contributed by atoms with E-state index in [4.69, 9.17) is 0 Å². The molecule has 7 nitrogen and oxygen atoms in total. The first-order chi connectivity index (χ1) is 15.4. The monoisotopic (exact) mass is 450 g/mol. The zero-order valence-corrected chi connectivity index (χ0v) is 18.8. The maximum Gasteiger partial charge on any atom is 0.231 e. The number of nitrogens with one attached hydrogen (secondary N) is 1. The number of rotatable bonds is 7. The Kier molecular flexibility index (Phi) is 6.36. The van der Waals surface area contributed by atoms with E-state index in [0.29, 0.717) is 11.0 Å². The van der Waals surface area contributed by atoms with Crippen LogP contribution in [0.15, 0.2) is 66.3 Å². The highest BCUT2D eigenvalue weighted by molar-refractivity contribution is 7.99. The minimum absolute atomic E-state index is 0.144. The molecule has 0 aliphatic carbocycles. The normalized spacial score (nSPS) is 12.0. The van der Waals surface area contributed by atoms with E-state index >= 15 is 0 Å². The maximum atomic E-state index is 13.4. The van der Waals surface area contributed by atoms with Gasteiger partial charge in [0.05, 0.1) is 5.75 Å². The third-order valence-electron chi connectivity index (χ3n) is 5.24. The lowest BCUT2D eigenvalue weighted by atomic mass is 10.1. The van der Waals surface area contributed by atoms with Gasteiger partial charge in [0.1, 0.15) is 24.0 Å². The summed E-state index contributed by atoms with van der Waals surface area (Å²) in [5.74, 6) is 0.279. The number of imidazole rings is 1. The van der Waals surface area contributed by atoms with Crippen LogP contribution in [0.1, 0.15) is 28.6 Å². The van der Waals surface area contributed by atoms with Crippen LogP contribution in [0.25, 0.3) is 5.69 Å². The molecule has 0 radical (unpaired) electrons. The fourth-order valence-corrected chi connectivity index (χ4v) is 4.06. The van der Waals surface area contributed by atoms with Gasteiger partial charge in [-0.25, -0.2) is 9.37 Å². The number of carbonyl (C=O) groups is 1. The smallest absolute Gasteiger partial charge is 0.231 e. The minimum atomic E-state index is -0.499. The molecule has 0 aliphatic rings. The second-order valence-corrected chi connectivity index (χ2v) is 8.43. The number of aryl methyl sites for hydroxylation is 3. The van der Waals surface area contributed by atoms with Gasteiger partial charge in [0.15, 0.2) is 5.16 Å². The second-order valence-electron chi connectivity index (χ2n) is 7.49. The summed E-state index contributed by atoms with van der Waals surface area (Å²) in [6.07, 6.45) is 5.11. The summed E-state index contributed by atoms with van der Waals surface area (Å²) >= 11 is 1.30. The van der Waals surface area contributed by atoms with Gasteiger partial charge in [-0.2, -0.15) is 0 Å². The van der Waals surface area contributed by atoms with Crippen LogP contribution >= 0.6 is 11.8 Å². The number of amides is 1. The van der Waals surface area contributed by atoms with Crippen molar-refractivity contribution in [1.29, 1.82) is 0 Å². The zero-order chi connectivity index (χ0) is 22.7. The van der Waals surface area contributed by atoms with E-state index in [1.165, 1.54) is 35.0 Å². The van der Waals surface area contributed by atoms with Gasteiger partial charge in [0.25, 0.3) is 0 Å². The summed E-state index contributed by atoms with van der Waals surface area (Å²) in [6, 6.07) is 11.7. The van der Waals surface area contributed by atoms with Crippen LogP contribution in [0.3, 0.4) is 0 Å². The number of thioether (sulfide) groups is 1. The van der Waals surface area contributed by atoms with Gasteiger partial charge in [-0.1, -0.05) is 30.0 Å². The molecule has 0 aliphatic heterocycles. The van der Waals surface area contributed by atoms with Crippen molar-refractivity contribution in [2.45, 2.75) is 25.0 Å². The lowest BCUT2D eigenvalue weighted by Gasteiger charge is -2.19. The van der Waals surface area contributed by atoms with Gasteiger partial charge in [0.2, 0.25) is 5.91 Å². The number of nitrogens with zero attached hydrogens (tertiary/aromatic N) is 5. The Morgan fingerprint density at radius 1 is 1.16 bits per heavy atom. The Balaban J connectivity index is 1.49. The molecule has 1 atom stereocenters. The first-order valence-corrected chi connectivity index (χ1v) is 11.0. The van der Waals surface area contributed by atoms with Crippen LogP contribution in [0, 0.1) is 19.7 Å². The molecule has 4 aromatic rings. The molecule has 0 fully saturated rings. The Morgan fingerprint density at radius 2 is 1.94 bits per heavy atom. The van der Waals surface area contributed by atoms with E-state index in [9.17, 15) is 9.18 Å². The summed E-state index contributed by atoms with van der Waals surface area (Å²) in [4.78, 5) is 17.2. The molecule has 0 unspecified atom stereocenters. The van der Waals surface area contributed by atoms with E-state index in [0.717, 1.165) is 11.3 Å². The second kappa shape index (κ2) is 9.35. The lowest BCUT2D eigenvalue weighted by Crippen LogP contribution is -2.32. The molecule has 32 heavy (non-hydrogen) atoms. The van der Waals surface area contributed by atoms with Gasteiger partial charge in [0, 0.05) is 25.1 Å². The number of aromatic nitrogens is 5. The van der Waals surface area contributed by atoms with Gasteiger partial charge in [-0.15, -0.1) is 10.2 Å². The highest BCUT2D eigenvalue weighted by atomic mass is 32.2. The molecule has 2 aromatic heterocycles. The number of benzene rings is 2. The first kappa shape index (κ1) is 21.8. The Morgan fingerprint density at radius 3 is 2.62 bits per heavy atom. The van der Waals surface area contributed by atoms with E-state index in [1.807, 2.05) is 28.3 Å². The van der Waals surface area contributed by atoms with Gasteiger partial charge in [-0.05, 0) is 54.8 Å². The Labute approximate surface area is 189 Å². The molecule has 0 saturated heterocycles. The first-order valence-electron chi connectivity index (χ1n) is 10.0. The van der Waals surface area contributed by atoms with Crippen molar-refractivity contribution in [2.75, 3.05) is 5.75 Å². The van der Waals surface area contributed by atoms with Crippen molar-refractivity contribution in [3.63, 3.8) is 0 Å². The molecule has 4 rings (SSSR count). The topological polar surface area (TPSA) is 77.6 Å². The fraction of sp³-hybridized carbons (Fsp3) is 0.217. The number of halogens is 1. The van der Waals surface area contributed by atoms with Gasteiger partial charge in [-0.3, -0.25) is 9.36 Å². The van der Waals surface area contributed by atoms with Crippen molar-refractivity contribution < 1.29 is 9.18 Å². The van der Waals surface area contributed by atoms with Crippen LogP contribution in [0.5, 0.6) is 0 Å². The molecule has 2 heterocycles. The molecule has 2 aromatic carbocycles. The molecule has 0 bridgehead atoms. The Bertz CT molecular complexity index is 1230. The molecule has 9 heteroatoms. The summed E-state index contributed by atoms with van der Waals surface area (Å²) in [7, 11) is 1.85. The average molecular weight is 451 g/mol. The molecular formula is C23H23FN6OS. The third-order valence-corrected chi connectivity index (χ3v) is 6.19. The molecule has 1 amide bonds. The molecule has 0 saturated carbocycles. The summed E-state index contributed by atoms with van der Waals surface area (Å²) in [5, 5.41) is 11.8. The number of hydrogen-bond acceptors (Lipinski definition) is 5. The number of hydrogen-bond donors (Lipinski definition) is 1. The van der Waals surface area contributed by atoms with Crippen LogP contribution in [-0.2, 0) is 11.8 Å². The third kappa shape index (κ3) is 4.72. The summed E-state index contributed by atoms with van der Waals surface area (Å²) in [6.45, 7) is 4.11. The molecule has 1 N–H and O–H groups in total. The summed E-state index contributed by atoms with van der Waals surface area (Å²) < 4.78 is 17.1. The van der Waals surface area contributed by atoms with Crippen molar-refractivity contribution >= 4 is 17.7 Å². The van der Waals surface area contributed by atoms with Crippen LogP contribution in [0.2, 0.25) is 0 Å². The fourth-order valence-electron chi connectivity index (χ4n) is 3.32. The number of carbonyl (C=O) groups excluding carboxylic acids is 1. The van der Waals surface area contributed by atoms with Crippen LogP contribution < -0.4 is 5.32 Å². The Hall–Kier alpha value is -3.46. The SMILES string of the molecule is Cc1ccc(-n2cnnc2SCC(=O)N[C@H](c2ccc(F)cc2)c2nccn2C)cc1C. The largest absolute Gasteiger partial charge is 0.341 e. The summed E-state index contributed by atoms with van der Waals surface area (Å²) in [5.41, 5.74) is 4.06. The standard InChI is InChI=1S/C23H23FN6OS/c1-15-4-9-19(12-16(15)2)30-14-26-28-23(30)32-13-20(31)27-21(22-25-10-11-29(22)3)17-5-7-18(24)8-6-17/h4-12,14,21H,13H2,1-3H3,(H,27,31)/t21-/m1/s1. The zero-order valence-electron chi connectivity index (χ0n) is 18.0. The van der Waals surface area contributed by atoms with Crippen LogP contribution in [-0.4, -0.2) is 36.0 Å². The van der Waals surface area contributed by atoms with E-state index < -0.39 is 6.04 Å². The predicted molar refractivity (Wildman–Crippen MR) is 121 cm³/mol. The predicted octanol–water partition coefficient (Wildman–Crippen LogP) is 3.75. The van der Waals surface area contributed by atoms with Gasteiger partial charge >= 0.3 is 0 Å². The maximum absolute atomic E-state index is 13.4. The lowest BCUT2D eigenvalue weighted by molar-refractivity contribution is -0.119. The molecule has 164 valence electrons. The highest BCUT2D eigenvalue weighted by Crippen LogP contribution is 2.23. The highest BCUT2D eigenvalue weighted by Gasteiger charge is 2.21. The van der Waals surface area contributed by atoms with E-state index in [1.54, 1.807) is 30.9 Å². The van der Waals surface area contributed by atoms with Crippen molar-refractivity contribution in [3.05, 3.63) is 89.5 Å². The van der Waals surface area contributed by atoms with Crippen molar-refractivity contribution in [3.8, 4) is 5.69 Å². The van der Waals surface area contributed by atoms with Crippen molar-refractivity contribution in [1.82, 2.24) is 29.6 Å². The van der Waals surface area contributed by atoms with E-state index in [-0.39, 0.29) is 17.5 Å². The molecule has 0 spiro atoms. The minimum Gasteiger partial charge on any atom is -0.341 e. The average Bonchev–Trinajstić information content (AvgIpc) is 3.42.